The van der Waals surface area contributed by atoms with Crippen molar-refractivity contribution in [2.45, 2.75) is 51.6 Å². The third kappa shape index (κ3) is 9.80. The number of aromatic nitrogens is 1. The van der Waals surface area contributed by atoms with Crippen LogP contribution in [0.2, 0.25) is 0 Å². The molecule has 2 aromatic heterocycles. The Bertz CT molecular complexity index is 1100. The first-order valence-corrected chi connectivity index (χ1v) is 12.4. The number of piperidine rings is 1. The van der Waals surface area contributed by atoms with Crippen molar-refractivity contribution in [2.24, 2.45) is 5.41 Å². The maximum absolute atomic E-state index is 13.2. The number of carboxylic acid groups (broad SMARTS) is 2. The predicted octanol–water partition coefficient (Wildman–Crippen LogP) is 4.73. The lowest BCUT2D eigenvalue weighted by Crippen LogP contribution is -2.47. The fourth-order valence-corrected chi connectivity index (χ4v) is 5.22. The molecule has 4 heterocycles. The Labute approximate surface area is 223 Å². The summed E-state index contributed by atoms with van der Waals surface area (Å²) >= 11 is 1.87. The summed E-state index contributed by atoms with van der Waals surface area (Å²) in [5.74, 6) is -5.16. The van der Waals surface area contributed by atoms with E-state index in [0.717, 1.165) is 45.4 Å². The molecule has 1 unspecified atom stereocenters. The number of halogens is 6. The van der Waals surface area contributed by atoms with E-state index in [9.17, 15) is 31.1 Å². The van der Waals surface area contributed by atoms with Gasteiger partial charge < -0.3 is 15.1 Å². The van der Waals surface area contributed by atoms with E-state index in [2.05, 4.69) is 28.9 Å². The van der Waals surface area contributed by atoms with Gasteiger partial charge in [0.1, 0.15) is 0 Å². The smallest absolute Gasteiger partial charge is 0.475 e. The van der Waals surface area contributed by atoms with Crippen LogP contribution in [0.15, 0.2) is 36.7 Å². The standard InChI is InChI=1S/C20H25N3OS.2C2HF3O2/c1-16-3-4-18(25-16)14-22-11-2-7-20(15-22)8-12-23(19(20)24)13-17-5-9-21-10-6-17;2*3-2(4,5)1(6)7/h3-6,9-10H,2,7-8,11-15H2,1H3;2*(H,6,7). The second kappa shape index (κ2) is 13.2. The molecule has 0 bridgehead atoms. The van der Waals surface area contributed by atoms with Crippen LogP contribution in [0.1, 0.15) is 34.6 Å². The number of carbonyl (C=O) groups excluding carboxylic acids is 1. The third-order valence-corrected chi connectivity index (χ3v) is 7.03. The topological polar surface area (TPSA) is 111 Å². The molecule has 2 aromatic rings. The number of carbonyl (C=O) groups is 3. The summed E-state index contributed by atoms with van der Waals surface area (Å²) in [5.41, 5.74) is 1.01. The molecule has 15 heteroatoms. The molecule has 216 valence electrons. The zero-order valence-electron chi connectivity index (χ0n) is 20.8. The second-order valence-corrected chi connectivity index (χ2v) is 10.4. The summed E-state index contributed by atoms with van der Waals surface area (Å²) < 4.78 is 63.5. The Morgan fingerprint density at radius 3 is 2.00 bits per heavy atom. The molecule has 1 amide bonds. The molecule has 8 nitrogen and oxygen atoms in total. The summed E-state index contributed by atoms with van der Waals surface area (Å²) in [7, 11) is 0. The van der Waals surface area contributed by atoms with Crippen LogP contribution in [0.4, 0.5) is 26.3 Å². The highest BCUT2D eigenvalue weighted by molar-refractivity contribution is 7.11. The minimum atomic E-state index is -5.08. The molecular weight excluding hydrogens is 556 g/mol. The highest BCUT2D eigenvalue weighted by atomic mass is 32.1. The van der Waals surface area contributed by atoms with E-state index in [1.54, 1.807) is 12.4 Å². The number of aryl methyl sites for hydroxylation is 1. The van der Waals surface area contributed by atoms with Crippen LogP contribution in [0.3, 0.4) is 0 Å². The quantitative estimate of drug-likeness (QED) is 0.501. The molecule has 2 saturated heterocycles. The van der Waals surface area contributed by atoms with Crippen LogP contribution in [-0.4, -0.2) is 74.8 Å². The number of aliphatic carboxylic acids is 2. The number of alkyl halides is 6. The maximum atomic E-state index is 13.2. The van der Waals surface area contributed by atoms with Crippen LogP contribution < -0.4 is 0 Å². The van der Waals surface area contributed by atoms with Crippen LogP contribution in [0.5, 0.6) is 0 Å². The number of rotatable bonds is 4. The highest BCUT2D eigenvalue weighted by Gasteiger charge is 2.48. The molecule has 2 aliphatic rings. The van der Waals surface area contributed by atoms with Crippen molar-refractivity contribution in [3.63, 3.8) is 0 Å². The van der Waals surface area contributed by atoms with Gasteiger partial charge in [-0.1, -0.05) is 0 Å². The van der Waals surface area contributed by atoms with Crippen LogP contribution in [-0.2, 0) is 27.5 Å². The molecule has 0 aliphatic carbocycles. The lowest BCUT2D eigenvalue weighted by molar-refractivity contribution is -0.193. The summed E-state index contributed by atoms with van der Waals surface area (Å²) in [6, 6.07) is 8.43. The van der Waals surface area contributed by atoms with Gasteiger partial charge in [-0.2, -0.15) is 26.3 Å². The fraction of sp³-hybridized carbons (Fsp3) is 0.500. The molecule has 0 saturated carbocycles. The van der Waals surface area contributed by atoms with Crippen LogP contribution in [0, 0.1) is 12.3 Å². The van der Waals surface area contributed by atoms with E-state index in [0.29, 0.717) is 12.5 Å². The van der Waals surface area contributed by atoms with Crippen molar-refractivity contribution >= 4 is 29.2 Å². The minimum Gasteiger partial charge on any atom is -0.475 e. The Kier molecular flexibility index (Phi) is 10.9. The van der Waals surface area contributed by atoms with Gasteiger partial charge >= 0.3 is 24.3 Å². The number of hydrogen-bond donors (Lipinski definition) is 2. The molecule has 0 radical (unpaired) electrons. The zero-order valence-corrected chi connectivity index (χ0v) is 21.6. The Balaban J connectivity index is 0.000000317. The number of thiophene rings is 1. The second-order valence-electron chi connectivity index (χ2n) is 9.04. The third-order valence-electron chi connectivity index (χ3n) is 6.04. The number of nitrogens with zero attached hydrogens (tertiary/aromatic N) is 3. The highest BCUT2D eigenvalue weighted by Crippen LogP contribution is 2.41. The normalized spacial score (nSPS) is 19.7. The first kappa shape index (κ1) is 32.0. The van der Waals surface area contributed by atoms with E-state index < -0.39 is 24.3 Å². The van der Waals surface area contributed by atoms with Gasteiger partial charge in [-0.3, -0.25) is 14.7 Å². The largest absolute Gasteiger partial charge is 0.490 e. The number of likely N-dealkylation sites (tertiary alicyclic amines) is 2. The SMILES string of the molecule is Cc1ccc(CN2CCCC3(CCN(Cc4ccncc4)C3=O)C2)s1.O=C(O)C(F)(F)F.O=C(O)C(F)(F)F. The molecule has 39 heavy (non-hydrogen) atoms. The van der Waals surface area contributed by atoms with Crippen molar-refractivity contribution in [1.82, 2.24) is 14.8 Å². The number of carboxylic acids is 2. The van der Waals surface area contributed by atoms with Gasteiger partial charge in [-0.05, 0) is 62.6 Å². The van der Waals surface area contributed by atoms with Crippen molar-refractivity contribution < 1.29 is 50.9 Å². The zero-order chi connectivity index (χ0) is 29.4. The van der Waals surface area contributed by atoms with Crippen molar-refractivity contribution in [1.29, 1.82) is 0 Å². The molecule has 1 spiro atoms. The number of pyridine rings is 1. The van der Waals surface area contributed by atoms with Crippen LogP contribution in [0.25, 0.3) is 0 Å². The predicted molar refractivity (Wildman–Crippen MR) is 128 cm³/mol. The van der Waals surface area contributed by atoms with Gasteiger partial charge in [-0.15, -0.1) is 11.3 Å². The average Bonchev–Trinajstić information content (AvgIpc) is 3.37. The van der Waals surface area contributed by atoms with Crippen molar-refractivity contribution in [3.8, 4) is 0 Å². The van der Waals surface area contributed by atoms with Gasteiger partial charge in [0.25, 0.3) is 0 Å². The maximum Gasteiger partial charge on any atom is 0.490 e. The number of hydrogen-bond acceptors (Lipinski definition) is 6. The molecule has 2 fully saturated rings. The summed E-state index contributed by atoms with van der Waals surface area (Å²) in [4.78, 5) is 42.3. The van der Waals surface area contributed by atoms with E-state index >= 15 is 0 Å². The molecule has 4 rings (SSSR count). The molecule has 1 atom stereocenters. The van der Waals surface area contributed by atoms with Crippen molar-refractivity contribution in [2.75, 3.05) is 19.6 Å². The van der Waals surface area contributed by atoms with Crippen molar-refractivity contribution in [3.05, 3.63) is 52.0 Å². The first-order chi connectivity index (χ1) is 18.0. The van der Waals surface area contributed by atoms with Gasteiger partial charge in [0.2, 0.25) is 5.91 Å². The van der Waals surface area contributed by atoms with Gasteiger partial charge in [-0.25, -0.2) is 9.59 Å². The van der Waals surface area contributed by atoms with E-state index in [1.165, 1.54) is 15.3 Å². The summed E-state index contributed by atoms with van der Waals surface area (Å²) in [6.45, 7) is 6.76. The Morgan fingerprint density at radius 1 is 0.949 bits per heavy atom. The van der Waals surface area contributed by atoms with E-state index in [1.807, 2.05) is 28.4 Å². The number of amides is 1. The van der Waals surface area contributed by atoms with E-state index in [4.69, 9.17) is 19.8 Å². The average molecular weight is 584 g/mol. The van der Waals surface area contributed by atoms with Gasteiger partial charge in [0.15, 0.2) is 0 Å². The Morgan fingerprint density at radius 2 is 1.51 bits per heavy atom. The van der Waals surface area contributed by atoms with Crippen LogP contribution >= 0.6 is 11.3 Å². The van der Waals surface area contributed by atoms with Gasteiger partial charge in [0, 0.05) is 48.3 Å². The molecule has 0 aromatic carbocycles. The molecular formula is C24H27F6N3O5S. The first-order valence-electron chi connectivity index (χ1n) is 11.6. The monoisotopic (exact) mass is 583 g/mol. The summed E-state index contributed by atoms with van der Waals surface area (Å²) in [6.07, 6.45) is -3.40. The molecule has 2 N–H and O–H groups in total. The fourth-order valence-electron chi connectivity index (χ4n) is 4.28. The Hall–Kier alpha value is -3.20. The lowest BCUT2D eigenvalue weighted by atomic mass is 9.78. The lowest BCUT2D eigenvalue weighted by Gasteiger charge is -2.39. The summed E-state index contributed by atoms with van der Waals surface area (Å²) in [5, 5.41) is 14.2. The molecule has 2 aliphatic heterocycles. The minimum absolute atomic E-state index is 0.155. The van der Waals surface area contributed by atoms with E-state index in [-0.39, 0.29) is 5.41 Å². The van der Waals surface area contributed by atoms with Gasteiger partial charge in [0.05, 0.1) is 5.41 Å².